The van der Waals surface area contributed by atoms with Gasteiger partial charge in [-0.15, -0.1) is 11.3 Å². The van der Waals surface area contributed by atoms with Gasteiger partial charge in [0.15, 0.2) is 0 Å². The molecule has 2 aromatic heterocycles. The third-order valence-electron chi connectivity index (χ3n) is 5.74. The molecule has 0 atom stereocenters. The topological polar surface area (TPSA) is 77.2 Å². The number of hydrogen-bond donors (Lipinski definition) is 2. The molecule has 0 aliphatic rings. The molecule has 1 amide bonds. The van der Waals surface area contributed by atoms with Crippen LogP contribution in [-0.2, 0) is 6.54 Å². The first kappa shape index (κ1) is 22.6. The van der Waals surface area contributed by atoms with Crippen LogP contribution < -0.4 is 15.8 Å². The Bertz CT molecular complexity index is 1560. The first-order valence-electron chi connectivity index (χ1n) is 11.0. The van der Waals surface area contributed by atoms with Crippen LogP contribution in [0.2, 0.25) is 0 Å². The van der Waals surface area contributed by atoms with Gasteiger partial charge in [0.05, 0.1) is 17.4 Å². The van der Waals surface area contributed by atoms with Crippen LogP contribution in [0.5, 0.6) is 5.75 Å². The van der Waals surface area contributed by atoms with Crippen LogP contribution in [0.1, 0.15) is 27.0 Å². The molecule has 35 heavy (non-hydrogen) atoms. The molecule has 0 aliphatic carbocycles. The van der Waals surface area contributed by atoms with Crippen LogP contribution in [0.25, 0.3) is 32.3 Å². The van der Waals surface area contributed by atoms with E-state index in [2.05, 4.69) is 16.4 Å². The van der Waals surface area contributed by atoms with E-state index in [1.165, 1.54) is 29.7 Å². The van der Waals surface area contributed by atoms with E-state index in [1.807, 2.05) is 48.6 Å². The lowest BCUT2D eigenvalue weighted by molar-refractivity contribution is 0.100. The minimum Gasteiger partial charge on any atom is -0.497 e. The molecule has 0 spiro atoms. The number of carbonyl (C=O) groups excluding carboxylic acids is 1. The summed E-state index contributed by atoms with van der Waals surface area (Å²) in [7, 11) is 1.64. The number of hydrogen-bond acceptors (Lipinski definition) is 5. The minimum atomic E-state index is -0.507. The van der Waals surface area contributed by atoms with Crippen molar-refractivity contribution < 1.29 is 13.9 Å². The molecule has 0 saturated heterocycles. The number of rotatable bonds is 7. The Morgan fingerprint density at radius 3 is 2.49 bits per heavy atom. The number of primary amides is 1. The molecule has 5 nitrogen and oxygen atoms in total. The molecule has 3 N–H and O–H groups in total. The number of thiophene rings is 1. The Balaban J connectivity index is 1.51. The predicted molar refractivity (Wildman–Crippen MR) is 141 cm³/mol. The zero-order chi connectivity index (χ0) is 24.4. The van der Waals surface area contributed by atoms with Crippen LogP contribution in [0.15, 0.2) is 72.9 Å². The standard InChI is InChI=1S/C28H22FN3O2S/c1-34-21-11-6-19(7-12-21)15-31-28-25-22-13-8-18(3-2-17-4-9-20(29)10-5-17)14-24(22)35-26(25)23(16-32-28)27(30)33/h2-14,16H,15H2,1H3,(H2,30,33)(H,31,32)/b3-2+. The van der Waals surface area contributed by atoms with E-state index in [-0.39, 0.29) is 5.82 Å². The summed E-state index contributed by atoms with van der Waals surface area (Å²) < 4.78 is 20.2. The molecule has 0 bridgehead atoms. The van der Waals surface area contributed by atoms with Gasteiger partial charge in [0.1, 0.15) is 17.4 Å². The lowest BCUT2D eigenvalue weighted by atomic mass is 10.1. The van der Waals surface area contributed by atoms with Crippen LogP contribution in [0.3, 0.4) is 0 Å². The van der Waals surface area contributed by atoms with Crippen molar-refractivity contribution in [3.63, 3.8) is 0 Å². The third-order valence-corrected chi connectivity index (χ3v) is 6.93. The number of amides is 1. The van der Waals surface area contributed by atoms with Crippen molar-refractivity contribution in [2.75, 3.05) is 12.4 Å². The smallest absolute Gasteiger partial charge is 0.251 e. The van der Waals surface area contributed by atoms with Crippen molar-refractivity contribution in [3.8, 4) is 5.75 Å². The second kappa shape index (κ2) is 9.56. The van der Waals surface area contributed by atoms with E-state index < -0.39 is 5.91 Å². The van der Waals surface area contributed by atoms with Gasteiger partial charge in [0, 0.05) is 28.2 Å². The lowest BCUT2D eigenvalue weighted by Crippen LogP contribution is -2.12. The number of aromatic nitrogens is 1. The highest BCUT2D eigenvalue weighted by Gasteiger charge is 2.17. The van der Waals surface area contributed by atoms with Crippen molar-refractivity contribution in [2.45, 2.75) is 6.54 Å². The number of nitrogens with one attached hydrogen (secondary N) is 1. The molecule has 174 valence electrons. The van der Waals surface area contributed by atoms with Gasteiger partial charge < -0.3 is 15.8 Å². The molecular weight excluding hydrogens is 461 g/mol. The summed E-state index contributed by atoms with van der Waals surface area (Å²) >= 11 is 1.51. The van der Waals surface area contributed by atoms with Crippen molar-refractivity contribution in [3.05, 3.63) is 101 Å². The number of methoxy groups -OCH3 is 1. The highest BCUT2D eigenvalue weighted by Crippen LogP contribution is 2.40. The summed E-state index contributed by atoms with van der Waals surface area (Å²) in [6.07, 6.45) is 5.45. The van der Waals surface area contributed by atoms with Gasteiger partial charge in [0.25, 0.3) is 5.91 Å². The number of anilines is 1. The van der Waals surface area contributed by atoms with Crippen molar-refractivity contribution >= 4 is 55.4 Å². The van der Waals surface area contributed by atoms with Gasteiger partial charge in [0.2, 0.25) is 0 Å². The normalized spacial score (nSPS) is 11.4. The van der Waals surface area contributed by atoms with Crippen molar-refractivity contribution in [1.29, 1.82) is 0 Å². The largest absolute Gasteiger partial charge is 0.497 e. The van der Waals surface area contributed by atoms with E-state index in [1.54, 1.807) is 19.2 Å². The number of benzene rings is 3. The summed E-state index contributed by atoms with van der Waals surface area (Å²) in [4.78, 5) is 16.6. The van der Waals surface area contributed by atoms with E-state index in [4.69, 9.17) is 10.5 Å². The molecule has 5 aromatic rings. The van der Waals surface area contributed by atoms with Crippen LogP contribution in [-0.4, -0.2) is 18.0 Å². The molecule has 2 heterocycles. The summed E-state index contributed by atoms with van der Waals surface area (Å²) in [5.74, 6) is 0.728. The number of nitrogens with two attached hydrogens (primary N) is 1. The Morgan fingerprint density at radius 2 is 1.77 bits per heavy atom. The first-order valence-corrected chi connectivity index (χ1v) is 11.8. The summed E-state index contributed by atoms with van der Waals surface area (Å²) in [5, 5.41) is 5.29. The Labute approximate surface area is 205 Å². The maximum atomic E-state index is 13.2. The van der Waals surface area contributed by atoms with Gasteiger partial charge in [-0.2, -0.15) is 0 Å². The fraction of sp³-hybridized carbons (Fsp3) is 0.0714. The van der Waals surface area contributed by atoms with Gasteiger partial charge in [-0.05, 0) is 47.0 Å². The molecule has 0 aliphatic heterocycles. The summed E-state index contributed by atoms with van der Waals surface area (Å²) in [6, 6.07) is 20.3. The van der Waals surface area contributed by atoms with Crippen LogP contribution in [0.4, 0.5) is 10.2 Å². The number of fused-ring (bicyclic) bond motifs is 3. The minimum absolute atomic E-state index is 0.260. The third kappa shape index (κ3) is 4.72. The Morgan fingerprint density at radius 1 is 1.06 bits per heavy atom. The number of halogens is 1. The number of carbonyl (C=O) groups is 1. The zero-order valence-electron chi connectivity index (χ0n) is 18.9. The molecule has 0 radical (unpaired) electrons. The molecule has 0 saturated carbocycles. The predicted octanol–water partition coefficient (Wildman–Crippen LogP) is 6.48. The first-order chi connectivity index (χ1) is 17.0. The van der Waals surface area contributed by atoms with Gasteiger partial charge >= 0.3 is 0 Å². The van der Waals surface area contributed by atoms with E-state index >= 15 is 0 Å². The summed E-state index contributed by atoms with van der Waals surface area (Å²) in [5.41, 5.74) is 9.04. The van der Waals surface area contributed by atoms with Crippen LogP contribution >= 0.6 is 11.3 Å². The van der Waals surface area contributed by atoms with E-state index in [0.29, 0.717) is 17.9 Å². The fourth-order valence-corrected chi connectivity index (χ4v) is 5.17. The number of ether oxygens (including phenoxy) is 1. The summed E-state index contributed by atoms with van der Waals surface area (Å²) in [6.45, 7) is 0.567. The maximum Gasteiger partial charge on any atom is 0.251 e. The molecular formula is C28H22FN3O2S. The fourth-order valence-electron chi connectivity index (χ4n) is 3.90. The molecule has 0 unspecified atom stereocenters. The molecule has 5 rings (SSSR count). The van der Waals surface area contributed by atoms with E-state index in [9.17, 15) is 9.18 Å². The van der Waals surface area contributed by atoms with Gasteiger partial charge in [-0.25, -0.2) is 9.37 Å². The lowest BCUT2D eigenvalue weighted by Gasteiger charge is -2.09. The maximum absolute atomic E-state index is 13.2. The van der Waals surface area contributed by atoms with Crippen molar-refractivity contribution in [1.82, 2.24) is 4.98 Å². The Hall–Kier alpha value is -4.23. The highest BCUT2D eigenvalue weighted by molar-refractivity contribution is 7.26. The van der Waals surface area contributed by atoms with E-state index in [0.717, 1.165) is 42.6 Å². The van der Waals surface area contributed by atoms with Gasteiger partial charge in [-0.3, -0.25) is 4.79 Å². The molecule has 3 aromatic carbocycles. The highest BCUT2D eigenvalue weighted by atomic mass is 32.1. The van der Waals surface area contributed by atoms with Crippen LogP contribution in [0, 0.1) is 5.82 Å². The average molecular weight is 484 g/mol. The molecule has 0 fully saturated rings. The molecule has 7 heteroatoms. The number of nitrogens with zero attached hydrogens (tertiary/aromatic N) is 1. The monoisotopic (exact) mass is 483 g/mol. The average Bonchev–Trinajstić information content (AvgIpc) is 3.26. The second-order valence-electron chi connectivity index (χ2n) is 8.03. The van der Waals surface area contributed by atoms with Crippen molar-refractivity contribution in [2.24, 2.45) is 5.73 Å². The SMILES string of the molecule is COc1ccc(CNc2ncc(C(N)=O)c3sc4cc(/C=C/c5ccc(F)cc5)ccc4c23)cc1. The zero-order valence-corrected chi connectivity index (χ0v) is 19.7. The van der Waals surface area contributed by atoms with Gasteiger partial charge in [-0.1, -0.05) is 48.6 Å². The second-order valence-corrected chi connectivity index (χ2v) is 9.09. The quantitative estimate of drug-likeness (QED) is 0.260. The number of pyridine rings is 1. The Kier molecular flexibility index (Phi) is 6.16.